The predicted octanol–water partition coefficient (Wildman–Crippen LogP) is 3.28. The van der Waals surface area contributed by atoms with E-state index in [4.69, 9.17) is 4.42 Å². The van der Waals surface area contributed by atoms with Crippen molar-refractivity contribution in [3.8, 4) is 0 Å². The van der Waals surface area contributed by atoms with Crippen LogP contribution < -0.4 is 0 Å². The minimum Gasteiger partial charge on any atom is -0.467 e. The molecule has 6 nitrogen and oxygen atoms in total. The van der Waals surface area contributed by atoms with Gasteiger partial charge in [0.2, 0.25) is 0 Å². The van der Waals surface area contributed by atoms with Gasteiger partial charge < -0.3 is 9.32 Å². The van der Waals surface area contributed by atoms with Gasteiger partial charge in [0.15, 0.2) is 5.69 Å². The van der Waals surface area contributed by atoms with Crippen LogP contribution in [0.1, 0.15) is 61.3 Å². The van der Waals surface area contributed by atoms with Crippen LogP contribution in [0.5, 0.6) is 0 Å². The lowest BCUT2D eigenvalue weighted by Crippen LogP contribution is -2.29. The van der Waals surface area contributed by atoms with Gasteiger partial charge in [0.05, 0.1) is 18.5 Å². The number of nitrogens with zero attached hydrogens (tertiary/aromatic N) is 4. The molecule has 0 radical (unpaired) electrons. The molecular weight excluding hydrogens is 292 g/mol. The normalized spacial score (nSPS) is 17.1. The molecule has 0 N–H and O–H groups in total. The average molecular weight is 316 g/mol. The molecule has 1 saturated carbocycles. The average Bonchev–Trinajstić information content (AvgIpc) is 3.25. The van der Waals surface area contributed by atoms with Crippen molar-refractivity contribution in [2.45, 2.75) is 51.6 Å². The van der Waals surface area contributed by atoms with Crippen LogP contribution >= 0.6 is 0 Å². The Morgan fingerprint density at radius 3 is 2.91 bits per heavy atom. The summed E-state index contributed by atoms with van der Waals surface area (Å²) in [5.41, 5.74) is 0.390. The maximum Gasteiger partial charge on any atom is 0.276 e. The number of carbonyl (C=O) groups excluding carboxylic acids is 1. The van der Waals surface area contributed by atoms with E-state index in [0.717, 1.165) is 12.3 Å². The molecule has 0 saturated heterocycles. The Morgan fingerprint density at radius 1 is 1.43 bits per heavy atom. The van der Waals surface area contributed by atoms with Gasteiger partial charge in [-0.05, 0) is 37.8 Å². The van der Waals surface area contributed by atoms with Gasteiger partial charge in [0.25, 0.3) is 5.91 Å². The van der Waals surface area contributed by atoms with Gasteiger partial charge in [-0.25, -0.2) is 0 Å². The number of furan rings is 1. The van der Waals surface area contributed by atoms with Gasteiger partial charge in [-0.3, -0.25) is 9.48 Å². The van der Waals surface area contributed by atoms with Crippen LogP contribution in [-0.4, -0.2) is 32.8 Å². The molecule has 2 aromatic rings. The number of amides is 1. The van der Waals surface area contributed by atoms with E-state index in [-0.39, 0.29) is 11.9 Å². The summed E-state index contributed by atoms with van der Waals surface area (Å²) < 4.78 is 7.19. The van der Waals surface area contributed by atoms with E-state index in [2.05, 4.69) is 10.3 Å². The monoisotopic (exact) mass is 316 g/mol. The highest BCUT2D eigenvalue weighted by molar-refractivity contribution is 5.91. The Hall–Kier alpha value is -2.11. The fourth-order valence-corrected chi connectivity index (χ4v) is 3.20. The van der Waals surface area contributed by atoms with Gasteiger partial charge in [-0.15, -0.1) is 5.10 Å². The molecule has 6 heteroatoms. The Kier molecular flexibility index (Phi) is 4.79. The van der Waals surface area contributed by atoms with Crippen LogP contribution in [0.3, 0.4) is 0 Å². The first-order valence-corrected chi connectivity index (χ1v) is 8.36. The predicted molar refractivity (Wildman–Crippen MR) is 85.8 cm³/mol. The van der Waals surface area contributed by atoms with E-state index < -0.39 is 0 Å². The first kappa shape index (κ1) is 15.8. The third-order valence-electron chi connectivity index (χ3n) is 4.78. The molecule has 1 aliphatic rings. The summed E-state index contributed by atoms with van der Waals surface area (Å²) in [6.07, 6.45) is 9.82. The fourth-order valence-electron chi connectivity index (χ4n) is 3.20. The van der Waals surface area contributed by atoms with Crippen LogP contribution in [0.25, 0.3) is 0 Å². The van der Waals surface area contributed by atoms with Crippen molar-refractivity contribution in [1.29, 1.82) is 0 Å². The Labute approximate surface area is 136 Å². The highest BCUT2D eigenvalue weighted by atomic mass is 16.3. The van der Waals surface area contributed by atoms with Crippen LogP contribution in [-0.2, 0) is 6.54 Å². The zero-order valence-electron chi connectivity index (χ0n) is 13.8. The molecule has 0 bridgehead atoms. The van der Waals surface area contributed by atoms with E-state index in [1.165, 1.54) is 32.1 Å². The summed E-state index contributed by atoms with van der Waals surface area (Å²) in [6.45, 7) is 2.79. The van der Waals surface area contributed by atoms with Gasteiger partial charge in [0, 0.05) is 13.6 Å². The van der Waals surface area contributed by atoms with Crippen molar-refractivity contribution in [1.82, 2.24) is 19.9 Å². The lowest BCUT2D eigenvalue weighted by molar-refractivity contribution is 0.0720. The fraction of sp³-hybridized carbons (Fsp3) is 0.588. The Morgan fingerprint density at radius 2 is 2.22 bits per heavy atom. The molecule has 124 valence electrons. The second-order valence-electron chi connectivity index (χ2n) is 6.44. The molecule has 1 unspecified atom stereocenters. The van der Waals surface area contributed by atoms with Crippen LogP contribution in [0.15, 0.2) is 29.0 Å². The number of rotatable bonds is 5. The largest absolute Gasteiger partial charge is 0.467 e. The van der Waals surface area contributed by atoms with Crippen LogP contribution in [0.2, 0.25) is 0 Å². The van der Waals surface area contributed by atoms with Gasteiger partial charge in [-0.1, -0.05) is 24.5 Å². The van der Waals surface area contributed by atoms with Gasteiger partial charge in [0.1, 0.15) is 5.76 Å². The van der Waals surface area contributed by atoms with E-state index in [9.17, 15) is 4.79 Å². The number of aromatic nitrogens is 3. The minimum absolute atomic E-state index is 0.135. The summed E-state index contributed by atoms with van der Waals surface area (Å²) in [5.74, 6) is 1.28. The lowest BCUT2D eigenvalue weighted by Gasteiger charge is -2.22. The van der Waals surface area contributed by atoms with Crippen molar-refractivity contribution in [3.05, 3.63) is 36.0 Å². The summed E-state index contributed by atoms with van der Waals surface area (Å²) >= 11 is 0. The van der Waals surface area contributed by atoms with Crippen molar-refractivity contribution in [2.24, 2.45) is 5.92 Å². The second-order valence-corrected chi connectivity index (χ2v) is 6.44. The molecule has 1 fully saturated rings. The first-order chi connectivity index (χ1) is 11.1. The highest BCUT2D eigenvalue weighted by Crippen LogP contribution is 2.25. The standard InChI is InChI=1S/C17H24N4O2/c1-13(16-9-6-10-23-16)20(2)17(22)15-12-21(19-18-15)11-14-7-4-3-5-8-14/h6,9-10,12-14H,3-5,7-8,11H2,1-2H3. The molecule has 0 aliphatic heterocycles. The van der Waals surface area contributed by atoms with Gasteiger partial charge in [-0.2, -0.15) is 0 Å². The number of hydrogen-bond donors (Lipinski definition) is 0. The van der Waals surface area contributed by atoms with Crippen molar-refractivity contribution < 1.29 is 9.21 Å². The number of hydrogen-bond acceptors (Lipinski definition) is 4. The van der Waals surface area contributed by atoms with Crippen molar-refractivity contribution in [2.75, 3.05) is 7.05 Å². The maximum absolute atomic E-state index is 12.6. The van der Waals surface area contributed by atoms with Gasteiger partial charge >= 0.3 is 0 Å². The molecular formula is C17H24N4O2. The molecule has 0 aromatic carbocycles. The summed E-state index contributed by atoms with van der Waals surface area (Å²) in [7, 11) is 1.76. The highest BCUT2D eigenvalue weighted by Gasteiger charge is 2.23. The van der Waals surface area contributed by atoms with Crippen LogP contribution in [0.4, 0.5) is 0 Å². The maximum atomic E-state index is 12.6. The molecule has 1 atom stereocenters. The topological polar surface area (TPSA) is 64.2 Å². The third kappa shape index (κ3) is 3.63. The SMILES string of the molecule is CC(c1ccco1)N(C)C(=O)c1cn(CC2CCCCC2)nn1. The molecule has 1 aliphatic carbocycles. The molecule has 0 spiro atoms. The molecule has 1 amide bonds. The minimum atomic E-state index is -0.138. The smallest absolute Gasteiger partial charge is 0.276 e. The lowest BCUT2D eigenvalue weighted by atomic mass is 9.89. The molecule has 2 aromatic heterocycles. The zero-order valence-corrected chi connectivity index (χ0v) is 13.8. The first-order valence-electron chi connectivity index (χ1n) is 8.36. The molecule has 3 rings (SSSR count). The quantitative estimate of drug-likeness (QED) is 0.849. The molecule has 2 heterocycles. The molecule has 23 heavy (non-hydrogen) atoms. The third-order valence-corrected chi connectivity index (χ3v) is 4.78. The summed E-state index contributed by atoms with van der Waals surface area (Å²) in [4.78, 5) is 14.2. The summed E-state index contributed by atoms with van der Waals surface area (Å²) in [5, 5.41) is 8.19. The van der Waals surface area contributed by atoms with Crippen molar-refractivity contribution in [3.63, 3.8) is 0 Å². The van der Waals surface area contributed by atoms with E-state index >= 15 is 0 Å². The second kappa shape index (κ2) is 6.98. The van der Waals surface area contributed by atoms with Crippen molar-refractivity contribution >= 4 is 5.91 Å². The Balaban J connectivity index is 1.63. The zero-order chi connectivity index (χ0) is 16.2. The van der Waals surface area contributed by atoms with Crippen LogP contribution in [0, 0.1) is 5.92 Å². The number of carbonyl (C=O) groups is 1. The van der Waals surface area contributed by atoms with E-state index in [1.807, 2.05) is 23.7 Å². The van der Waals surface area contributed by atoms with E-state index in [0.29, 0.717) is 11.6 Å². The van der Waals surface area contributed by atoms with E-state index in [1.54, 1.807) is 24.4 Å². The summed E-state index contributed by atoms with van der Waals surface area (Å²) in [6, 6.07) is 3.56. The Bertz CT molecular complexity index is 629.